The van der Waals surface area contributed by atoms with E-state index in [4.69, 9.17) is 15.6 Å². The maximum Gasteiger partial charge on any atom is 0.0287 e. The van der Waals surface area contributed by atoms with Crippen LogP contribution in [0.3, 0.4) is 0 Å². The molecule has 0 unspecified atom stereocenters. The van der Waals surface area contributed by atoms with Crippen molar-refractivity contribution in [2.45, 2.75) is 6.92 Å². The van der Waals surface area contributed by atoms with E-state index in [1.54, 1.807) is 6.92 Å². The van der Waals surface area contributed by atoms with Crippen LogP contribution in [0.5, 0.6) is 0 Å². The monoisotopic (exact) mass is 165 g/mol. The average Bonchev–Trinajstić information content (AvgIpc) is 1.88. The minimum atomic E-state index is -0.432. The molecular formula is C5H15N3O3. The molecule has 0 aliphatic rings. The molecule has 0 fully saturated rings. The lowest BCUT2D eigenvalue weighted by Gasteiger charge is -2.26. The van der Waals surface area contributed by atoms with Crippen molar-refractivity contribution in [2.75, 3.05) is 19.6 Å². The number of hydrogen-bond acceptors (Lipinski definition) is 6. The van der Waals surface area contributed by atoms with Crippen molar-refractivity contribution in [3.8, 4) is 0 Å². The Labute approximate surface area is 65.1 Å². The van der Waals surface area contributed by atoms with Crippen molar-refractivity contribution < 1.29 is 15.6 Å². The van der Waals surface area contributed by atoms with Crippen molar-refractivity contribution in [2.24, 2.45) is 5.41 Å². The van der Waals surface area contributed by atoms with E-state index in [-0.39, 0.29) is 19.6 Å². The van der Waals surface area contributed by atoms with Gasteiger partial charge in [-0.1, -0.05) is 6.92 Å². The quantitative estimate of drug-likeness (QED) is 0.280. The lowest BCUT2D eigenvalue weighted by Crippen LogP contribution is -2.44. The van der Waals surface area contributed by atoms with Gasteiger partial charge in [-0.2, -0.15) is 0 Å². The Morgan fingerprint density at radius 1 is 0.909 bits per heavy atom. The fourth-order valence-electron chi connectivity index (χ4n) is 0.760. The van der Waals surface area contributed by atoms with Gasteiger partial charge in [-0.05, 0) is 0 Å². The summed E-state index contributed by atoms with van der Waals surface area (Å²) in [6.07, 6.45) is 0. The first-order valence-electron chi connectivity index (χ1n) is 3.29. The molecule has 6 nitrogen and oxygen atoms in total. The van der Waals surface area contributed by atoms with Gasteiger partial charge in [0.1, 0.15) is 0 Å². The van der Waals surface area contributed by atoms with E-state index in [2.05, 4.69) is 0 Å². The molecule has 0 atom stereocenters. The van der Waals surface area contributed by atoms with E-state index >= 15 is 0 Å². The van der Waals surface area contributed by atoms with Crippen molar-refractivity contribution in [3.63, 3.8) is 0 Å². The van der Waals surface area contributed by atoms with Crippen molar-refractivity contribution >= 4 is 0 Å². The first-order valence-corrected chi connectivity index (χ1v) is 3.29. The predicted molar refractivity (Wildman–Crippen MR) is 37.5 cm³/mol. The highest BCUT2D eigenvalue weighted by Crippen LogP contribution is 2.11. The van der Waals surface area contributed by atoms with E-state index in [1.165, 1.54) is 0 Å². The Morgan fingerprint density at radius 3 is 1.36 bits per heavy atom. The second kappa shape index (κ2) is 5.42. The molecule has 0 aliphatic heterocycles. The topological polar surface area (TPSA) is 96.8 Å². The fraction of sp³-hybridized carbons (Fsp3) is 1.00. The summed E-state index contributed by atoms with van der Waals surface area (Å²) >= 11 is 0. The van der Waals surface area contributed by atoms with E-state index in [1.807, 2.05) is 16.4 Å². The van der Waals surface area contributed by atoms with Gasteiger partial charge in [-0.15, -0.1) is 0 Å². The standard InChI is InChI=1S/C5H15N3O3/c1-5(2-6-9,3-7-10)4-8-11/h6-11H,2-4H2,1H3. The summed E-state index contributed by atoms with van der Waals surface area (Å²) in [5.41, 5.74) is 5.49. The largest absolute Gasteiger partial charge is 0.317 e. The molecule has 68 valence electrons. The van der Waals surface area contributed by atoms with Gasteiger partial charge in [0.25, 0.3) is 0 Å². The van der Waals surface area contributed by atoms with Crippen LogP contribution in [-0.2, 0) is 0 Å². The Balaban J connectivity index is 3.79. The van der Waals surface area contributed by atoms with Crippen LogP contribution in [0.4, 0.5) is 0 Å². The Hall–Kier alpha value is -0.240. The van der Waals surface area contributed by atoms with Gasteiger partial charge >= 0.3 is 0 Å². The zero-order valence-corrected chi connectivity index (χ0v) is 6.46. The molecule has 0 spiro atoms. The van der Waals surface area contributed by atoms with Crippen molar-refractivity contribution in [1.82, 2.24) is 16.4 Å². The van der Waals surface area contributed by atoms with Crippen LogP contribution in [0.15, 0.2) is 0 Å². The molecule has 0 aromatic carbocycles. The van der Waals surface area contributed by atoms with E-state index in [0.717, 1.165) is 0 Å². The van der Waals surface area contributed by atoms with Crippen LogP contribution >= 0.6 is 0 Å². The molecule has 11 heavy (non-hydrogen) atoms. The fourth-order valence-corrected chi connectivity index (χ4v) is 0.760. The van der Waals surface area contributed by atoms with Gasteiger partial charge in [-0.25, -0.2) is 16.4 Å². The smallest absolute Gasteiger partial charge is 0.0287 e. The molecule has 0 saturated heterocycles. The summed E-state index contributed by atoms with van der Waals surface area (Å²) in [4.78, 5) is 0. The zero-order chi connectivity index (χ0) is 8.74. The minimum absolute atomic E-state index is 0.272. The molecule has 0 saturated carbocycles. The first-order chi connectivity index (χ1) is 5.18. The van der Waals surface area contributed by atoms with Crippen molar-refractivity contribution in [1.29, 1.82) is 0 Å². The van der Waals surface area contributed by atoms with Gasteiger partial charge in [0.15, 0.2) is 0 Å². The molecule has 0 heterocycles. The highest BCUT2D eigenvalue weighted by atomic mass is 16.5. The van der Waals surface area contributed by atoms with Crippen molar-refractivity contribution in [3.05, 3.63) is 0 Å². The van der Waals surface area contributed by atoms with Crippen LogP contribution in [-0.4, -0.2) is 35.3 Å². The summed E-state index contributed by atoms with van der Waals surface area (Å²) in [6.45, 7) is 2.60. The third-order valence-corrected chi connectivity index (χ3v) is 1.52. The Morgan fingerprint density at radius 2 is 1.18 bits per heavy atom. The minimum Gasteiger partial charge on any atom is -0.317 e. The van der Waals surface area contributed by atoms with Gasteiger partial charge in [0.2, 0.25) is 0 Å². The molecule has 0 rings (SSSR count). The number of hydrogen-bond donors (Lipinski definition) is 6. The van der Waals surface area contributed by atoms with Crippen LogP contribution < -0.4 is 16.4 Å². The van der Waals surface area contributed by atoms with Crippen LogP contribution in [0.2, 0.25) is 0 Å². The highest BCUT2D eigenvalue weighted by Gasteiger charge is 2.22. The SMILES string of the molecule is CC(CNO)(CNO)CNO. The van der Waals surface area contributed by atoms with Crippen LogP contribution in [0.25, 0.3) is 0 Å². The van der Waals surface area contributed by atoms with E-state index < -0.39 is 5.41 Å². The van der Waals surface area contributed by atoms with E-state index in [9.17, 15) is 0 Å². The summed E-state index contributed by atoms with van der Waals surface area (Å²) < 4.78 is 0. The van der Waals surface area contributed by atoms with Gasteiger partial charge in [-0.3, -0.25) is 0 Å². The summed E-state index contributed by atoms with van der Waals surface area (Å²) in [7, 11) is 0. The Bertz CT molecular complexity index is 84.0. The molecule has 6 heteroatoms. The summed E-state index contributed by atoms with van der Waals surface area (Å²) in [5, 5.41) is 25.2. The normalized spacial score (nSPS) is 12.0. The molecule has 0 radical (unpaired) electrons. The third kappa shape index (κ3) is 4.25. The lowest BCUT2D eigenvalue weighted by atomic mass is 9.91. The lowest BCUT2D eigenvalue weighted by molar-refractivity contribution is 0.0479. The number of rotatable bonds is 6. The van der Waals surface area contributed by atoms with Gasteiger partial charge < -0.3 is 15.6 Å². The molecule has 0 amide bonds. The van der Waals surface area contributed by atoms with E-state index in [0.29, 0.717) is 0 Å². The van der Waals surface area contributed by atoms with Gasteiger partial charge in [0, 0.05) is 25.0 Å². The Kier molecular flexibility index (Phi) is 5.30. The molecule has 0 aliphatic carbocycles. The molecule has 0 aromatic rings. The number of nitrogens with one attached hydrogen (secondary N) is 3. The second-order valence-electron chi connectivity index (χ2n) is 2.82. The molecule has 0 bridgehead atoms. The maximum atomic E-state index is 8.39. The maximum absolute atomic E-state index is 8.39. The molecule has 0 aromatic heterocycles. The second-order valence-corrected chi connectivity index (χ2v) is 2.82. The number of hydroxylamine groups is 3. The highest BCUT2D eigenvalue weighted by molar-refractivity contribution is 4.77. The third-order valence-electron chi connectivity index (χ3n) is 1.52. The van der Waals surface area contributed by atoms with Gasteiger partial charge in [0.05, 0.1) is 0 Å². The van der Waals surface area contributed by atoms with Crippen LogP contribution in [0.1, 0.15) is 6.92 Å². The average molecular weight is 165 g/mol. The first kappa shape index (κ1) is 10.8. The predicted octanol–water partition coefficient (Wildman–Crippen LogP) is -1.07. The summed E-state index contributed by atoms with van der Waals surface area (Å²) in [6, 6.07) is 0. The van der Waals surface area contributed by atoms with Crippen LogP contribution in [0, 0.1) is 5.41 Å². The zero-order valence-electron chi connectivity index (χ0n) is 6.46. The summed E-state index contributed by atoms with van der Waals surface area (Å²) in [5.74, 6) is 0. The molecule has 6 N–H and O–H groups in total. The molecular weight excluding hydrogens is 150 g/mol.